The summed E-state index contributed by atoms with van der Waals surface area (Å²) in [6, 6.07) is 13.3. The second-order valence-electron chi connectivity index (χ2n) is 7.14. The van der Waals surface area contributed by atoms with E-state index in [0.29, 0.717) is 5.92 Å². The average Bonchev–Trinajstić information content (AvgIpc) is 3.03. The first-order valence-electron chi connectivity index (χ1n) is 8.30. The lowest BCUT2D eigenvalue weighted by Gasteiger charge is -2.24. The molecule has 0 saturated heterocycles. The molecule has 3 heteroatoms. The van der Waals surface area contributed by atoms with Crippen molar-refractivity contribution in [3.05, 3.63) is 47.5 Å². The van der Waals surface area contributed by atoms with E-state index in [-0.39, 0.29) is 5.41 Å². The van der Waals surface area contributed by atoms with Crippen LogP contribution in [0.15, 0.2) is 36.4 Å². The lowest BCUT2D eigenvalue weighted by atomic mass is 9.80. The largest absolute Gasteiger partial charge is 0.173 e. The van der Waals surface area contributed by atoms with Crippen LogP contribution in [0.25, 0.3) is 22.2 Å². The fraction of sp³-hybridized carbons (Fsp3) is 0.400. The molecule has 0 radical (unpaired) electrons. The van der Waals surface area contributed by atoms with Gasteiger partial charge in [-0.1, -0.05) is 71.0 Å². The lowest BCUT2D eigenvalue weighted by molar-refractivity contribution is 0.510. The van der Waals surface area contributed by atoms with E-state index in [2.05, 4.69) is 79.8 Å². The number of nitrogens with zero attached hydrogens (tertiary/aromatic N) is 2. The number of fused-ring (bicyclic) bond motifs is 1. The molecule has 1 heterocycles. The monoisotopic (exact) mass is 324 g/mol. The standard InChI is InChI=1S/C20H24N2S/c1-6-20(4,5)17-12-11-16(18-19(17)22-23-21-18)15-9-7-14(8-10-15)13(2)3/h7-13H,6H2,1-5H3. The van der Waals surface area contributed by atoms with Crippen LogP contribution in [0.3, 0.4) is 0 Å². The summed E-state index contributed by atoms with van der Waals surface area (Å²) in [6.07, 6.45) is 1.09. The van der Waals surface area contributed by atoms with Crippen molar-refractivity contribution in [1.29, 1.82) is 0 Å². The van der Waals surface area contributed by atoms with Gasteiger partial charge in [0.2, 0.25) is 0 Å². The van der Waals surface area contributed by atoms with Gasteiger partial charge < -0.3 is 0 Å². The van der Waals surface area contributed by atoms with Crippen LogP contribution in [0.1, 0.15) is 58.1 Å². The Morgan fingerprint density at radius 2 is 1.61 bits per heavy atom. The zero-order chi connectivity index (χ0) is 16.6. The number of rotatable bonds is 4. The summed E-state index contributed by atoms with van der Waals surface area (Å²) in [5, 5.41) is 0. The number of benzene rings is 2. The summed E-state index contributed by atoms with van der Waals surface area (Å²) in [5.41, 5.74) is 7.27. The highest BCUT2D eigenvalue weighted by Gasteiger charge is 2.23. The van der Waals surface area contributed by atoms with Crippen molar-refractivity contribution in [2.45, 2.75) is 52.4 Å². The van der Waals surface area contributed by atoms with Crippen molar-refractivity contribution in [2.75, 3.05) is 0 Å². The topological polar surface area (TPSA) is 25.8 Å². The minimum Gasteiger partial charge on any atom is -0.173 e. The van der Waals surface area contributed by atoms with Crippen LogP contribution in [0.4, 0.5) is 0 Å². The summed E-state index contributed by atoms with van der Waals surface area (Å²) >= 11 is 1.31. The third-order valence-corrected chi connectivity index (χ3v) is 5.45. The van der Waals surface area contributed by atoms with Gasteiger partial charge in [-0.25, -0.2) is 0 Å². The maximum atomic E-state index is 4.60. The van der Waals surface area contributed by atoms with Crippen LogP contribution in [0.5, 0.6) is 0 Å². The maximum absolute atomic E-state index is 4.60. The smallest absolute Gasteiger partial charge is 0.112 e. The molecule has 0 unspecified atom stereocenters. The molecule has 0 aliphatic heterocycles. The molecule has 0 saturated carbocycles. The van der Waals surface area contributed by atoms with Gasteiger partial charge in [0, 0.05) is 5.56 Å². The molecule has 0 amide bonds. The van der Waals surface area contributed by atoms with E-state index in [0.717, 1.165) is 17.5 Å². The van der Waals surface area contributed by atoms with E-state index < -0.39 is 0 Å². The molecule has 23 heavy (non-hydrogen) atoms. The quantitative estimate of drug-likeness (QED) is 0.573. The van der Waals surface area contributed by atoms with Gasteiger partial charge in [-0.2, -0.15) is 8.75 Å². The summed E-state index contributed by atoms with van der Waals surface area (Å²) in [6.45, 7) is 11.2. The molecule has 1 aromatic heterocycles. The number of aromatic nitrogens is 2. The molecule has 0 atom stereocenters. The summed E-state index contributed by atoms with van der Waals surface area (Å²) in [7, 11) is 0. The Morgan fingerprint density at radius 1 is 0.957 bits per heavy atom. The van der Waals surface area contributed by atoms with Crippen LogP contribution >= 0.6 is 11.7 Å². The predicted molar refractivity (Wildman–Crippen MR) is 100 cm³/mol. The molecule has 2 aromatic carbocycles. The Hall–Kier alpha value is -1.74. The molecule has 0 aliphatic carbocycles. The first-order valence-corrected chi connectivity index (χ1v) is 9.03. The van der Waals surface area contributed by atoms with Crippen LogP contribution in [0, 0.1) is 0 Å². The van der Waals surface area contributed by atoms with Gasteiger partial charge >= 0.3 is 0 Å². The summed E-state index contributed by atoms with van der Waals surface area (Å²) in [4.78, 5) is 0. The third kappa shape index (κ3) is 2.90. The van der Waals surface area contributed by atoms with E-state index in [4.69, 9.17) is 0 Å². The highest BCUT2D eigenvalue weighted by atomic mass is 32.1. The maximum Gasteiger partial charge on any atom is 0.112 e. The van der Waals surface area contributed by atoms with Gasteiger partial charge in [0.25, 0.3) is 0 Å². The molecule has 120 valence electrons. The molecule has 3 rings (SSSR count). The van der Waals surface area contributed by atoms with Gasteiger partial charge in [0.05, 0.1) is 11.7 Å². The number of hydrogen-bond donors (Lipinski definition) is 0. The van der Waals surface area contributed by atoms with Crippen LogP contribution in [-0.2, 0) is 5.41 Å². The van der Waals surface area contributed by atoms with Crippen molar-refractivity contribution >= 4 is 22.8 Å². The molecule has 2 nitrogen and oxygen atoms in total. The lowest BCUT2D eigenvalue weighted by Crippen LogP contribution is -2.16. The van der Waals surface area contributed by atoms with Crippen LogP contribution < -0.4 is 0 Å². The Bertz CT molecular complexity index is 813. The van der Waals surface area contributed by atoms with E-state index in [1.54, 1.807) is 0 Å². The molecule has 0 N–H and O–H groups in total. The normalized spacial score (nSPS) is 12.3. The molecule has 0 bridgehead atoms. The summed E-state index contributed by atoms with van der Waals surface area (Å²) in [5.74, 6) is 0.553. The third-order valence-electron chi connectivity index (χ3n) is 4.92. The van der Waals surface area contributed by atoms with Crippen molar-refractivity contribution in [2.24, 2.45) is 0 Å². The Morgan fingerprint density at radius 3 is 2.22 bits per heavy atom. The van der Waals surface area contributed by atoms with Gasteiger partial charge in [-0.05, 0) is 34.4 Å². The van der Waals surface area contributed by atoms with Crippen LogP contribution in [0.2, 0.25) is 0 Å². The van der Waals surface area contributed by atoms with E-state index in [9.17, 15) is 0 Å². The zero-order valence-corrected chi connectivity index (χ0v) is 15.4. The van der Waals surface area contributed by atoms with Crippen molar-refractivity contribution < 1.29 is 0 Å². The minimum atomic E-state index is 0.119. The Balaban J connectivity index is 2.13. The van der Waals surface area contributed by atoms with Gasteiger partial charge in [-0.3, -0.25) is 0 Å². The Labute approximate surface area is 142 Å². The molecule has 0 spiro atoms. The fourth-order valence-electron chi connectivity index (χ4n) is 2.88. The van der Waals surface area contributed by atoms with Gasteiger partial charge in [-0.15, -0.1) is 0 Å². The fourth-order valence-corrected chi connectivity index (χ4v) is 3.46. The van der Waals surface area contributed by atoms with Crippen molar-refractivity contribution in [1.82, 2.24) is 8.75 Å². The Kier molecular flexibility index (Phi) is 4.24. The highest BCUT2D eigenvalue weighted by Crippen LogP contribution is 2.36. The van der Waals surface area contributed by atoms with Gasteiger partial charge in [0.15, 0.2) is 0 Å². The van der Waals surface area contributed by atoms with Crippen molar-refractivity contribution in [3.8, 4) is 11.1 Å². The van der Waals surface area contributed by atoms with Crippen LogP contribution in [-0.4, -0.2) is 8.75 Å². The zero-order valence-electron chi connectivity index (χ0n) is 14.6. The molecular weight excluding hydrogens is 300 g/mol. The van der Waals surface area contributed by atoms with E-state index in [1.165, 1.54) is 34.0 Å². The van der Waals surface area contributed by atoms with E-state index >= 15 is 0 Å². The second-order valence-corrected chi connectivity index (χ2v) is 7.66. The predicted octanol–water partition coefficient (Wildman–Crippen LogP) is 6.17. The molecular formula is C20H24N2S. The highest BCUT2D eigenvalue weighted by molar-refractivity contribution is 7.00. The SMILES string of the molecule is CCC(C)(C)c1ccc(-c2ccc(C(C)C)cc2)c2nsnc12. The first kappa shape index (κ1) is 16.1. The average molecular weight is 324 g/mol. The van der Waals surface area contributed by atoms with Crippen molar-refractivity contribution in [3.63, 3.8) is 0 Å². The number of hydrogen-bond acceptors (Lipinski definition) is 3. The molecule has 0 aliphatic rings. The van der Waals surface area contributed by atoms with E-state index in [1.807, 2.05) is 0 Å². The summed E-state index contributed by atoms with van der Waals surface area (Å²) < 4.78 is 9.19. The molecule has 0 fully saturated rings. The minimum absolute atomic E-state index is 0.119. The van der Waals surface area contributed by atoms with Gasteiger partial charge in [0.1, 0.15) is 11.0 Å². The molecule has 3 aromatic rings. The first-order chi connectivity index (χ1) is 10.9. The second kappa shape index (κ2) is 6.04.